The van der Waals surface area contributed by atoms with Gasteiger partial charge >= 0.3 is 0 Å². The van der Waals surface area contributed by atoms with E-state index in [-0.39, 0.29) is 11.7 Å². The van der Waals surface area contributed by atoms with Gasteiger partial charge in [-0.1, -0.05) is 13.8 Å². The van der Waals surface area contributed by atoms with E-state index in [4.69, 9.17) is 0 Å². The molecule has 1 saturated heterocycles. The SMILES string of the molecule is CC(C)CCCN1C(=O)C2(CC2)NC1C. The molecule has 1 unspecified atom stereocenters. The average molecular weight is 210 g/mol. The minimum Gasteiger partial charge on any atom is -0.326 e. The second-order valence-electron chi connectivity index (χ2n) is 5.44. The number of nitrogens with one attached hydrogen (secondary N) is 1. The van der Waals surface area contributed by atoms with Crippen molar-refractivity contribution in [1.29, 1.82) is 0 Å². The minimum atomic E-state index is -0.128. The molecule has 15 heavy (non-hydrogen) atoms. The Bertz CT molecular complexity index is 258. The molecule has 3 heteroatoms. The zero-order chi connectivity index (χ0) is 11.1. The molecule has 2 rings (SSSR count). The van der Waals surface area contributed by atoms with Crippen LogP contribution in [0, 0.1) is 5.92 Å². The van der Waals surface area contributed by atoms with Crippen LogP contribution < -0.4 is 5.32 Å². The highest BCUT2D eigenvalue weighted by molar-refractivity contribution is 5.91. The van der Waals surface area contributed by atoms with E-state index in [2.05, 4.69) is 26.1 Å². The summed E-state index contributed by atoms with van der Waals surface area (Å²) in [6.07, 6.45) is 4.66. The molecular weight excluding hydrogens is 188 g/mol. The summed E-state index contributed by atoms with van der Waals surface area (Å²) in [5.74, 6) is 1.08. The Labute approximate surface area is 92.2 Å². The molecule has 0 radical (unpaired) electrons. The van der Waals surface area contributed by atoms with Crippen molar-refractivity contribution in [3.63, 3.8) is 0 Å². The second-order valence-corrected chi connectivity index (χ2v) is 5.44. The largest absolute Gasteiger partial charge is 0.326 e. The van der Waals surface area contributed by atoms with Crippen LogP contribution in [-0.4, -0.2) is 29.1 Å². The van der Waals surface area contributed by atoms with E-state index in [1.165, 1.54) is 6.42 Å². The maximum Gasteiger partial charge on any atom is 0.244 e. The third-order valence-electron chi connectivity index (χ3n) is 3.55. The molecule has 0 aromatic heterocycles. The third-order valence-corrected chi connectivity index (χ3v) is 3.55. The summed E-state index contributed by atoms with van der Waals surface area (Å²) in [7, 11) is 0. The van der Waals surface area contributed by atoms with E-state index in [0.717, 1.165) is 31.7 Å². The predicted molar refractivity (Wildman–Crippen MR) is 60.3 cm³/mol. The number of carbonyl (C=O) groups is 1. The monoisotopic (exact) mass is 210 g/mol. The van der Waals surface area contributed by atoms with Crippen LogP contribution in [0.3, 0.4) is 0 Å². The predicted octanol–water partition coefficient (Wildman–Crippen LogP) is 1.73. The normalized spacial score (nSPS) is 28.1. The molecule has 1 saturated carbocycles. The molecule has 1 aliphatic carbocycles. The minimum absolute atomic E-state index is 0.128. The second kappa shape index (κ2) is 3.78. The summed E-state index contributed by atoms with van der Waals surface area (Å²) >= 11 is 0. The van der Waals surface area contributed by atoms with Crippen molar-refractivity contribution in [2.24, 2.45) is 5.92 Å². The Morgan fingerprint density at radius 3 is 2.67 bits per heavy atom. The molecule has 1 heterocycles. The average Bonchev–Trinajstić information content (AvgIpc) is 2.87. The first-order valence-electron chi connectivity index (χ1n) is 6.14. The highest BCUT2D eigenvalue weighted by Gasteiger charge is 2.57. The topological polar surface area (TPSA) is 32.3 Å². The molecule has 86 valence electrons. The quantitative estimate of drug-likeness (QED) is 0.766. The van der Waals surface area contributed by atoms with E-state index in [9.17, 15) is 4.79 Å². The molecule has 0 bridgehead atoms. The maximum absolute atomic E-state index is 12.0. The standard InChI is InChI=1S/C12H22N2O/c1-9(2)5-4-8-14-10(3)13-12(6-7-12)11(14)15/h9-10,13H,4-8H2,1-3H3. The van der Waals surface area contributed by atoms with Gasteiger partial charge in [-0.25, -0.2) is 0 Å². The van der Waals surface area contributed by atoms with Crippen molar-refractivity contribution in [3.05, 3.63) is 0 Å². The Kier molecular flexibility index (Phi) is 2.75. The first kappa shape index (κ1) is 10.9. The summed E-state index contributed by atoms with van der Waals surface area (Å²) in [6.45, 7) is 7.49. The molecule has 1 atom stereocenters. The molecule has 0 aromatic carbocycles. The first-order valence-corrected chi connectivity index (χ1v) is 6.14. The van der Waals surface area contributed by atoms with Crippen molar-refractivity contribution in [2.75, 3.05) is 6.54 Å². The zero-order valence-corrected chi connectivity index (χ0v) is 10.0. The summed E-state index contributed by atoms with van der Waals surface area (Å²) in [5.41, 5.74) is -0.128. The lowest BCUT2D eigenvalue weighted by atomic mass is 10.1. The molecule has 2 aliphatic rings. The van der Waals surface area contributed by atoms with E-state index < -0.39 is 0 Å². The Morgan fingerprint density at radius 2 is 2.20 bits per heavy atom. The van der Waals surface area contributed by atoms with Crippen LogP contribution in [0.25, 0.3) is 0 Å². The lowest BCUT2D eigenvalue weighted by Gasteiger charge is -2.21. The number of hydrogen-bond acceptors (Lipinski definition) is 2. The fourth-order valence-electron chi connectivity index (χ4n) is 2.44. The van der Waals surface area contributed by atoms with Crippen LogP contribution in [0.2, 0.25) is 0 Å². The summed E-state index contributed by atoms with van der Waals surface area (Å²) < 4.78 is 0. The van der Waals surface area contributed by atoms with Crippen molar-refractivity contribution in [1.82, 2.24) is 10.2 Å². The van der Waals surface area contributed by atoms with Crippen LogP contribution in [0.1, 0.15) is 46.5 Å². The van der Waals surface area contributed by atoms with Crippen LogP contribution in [0.4, 0.5) is 0 Å². The van der Waals surface area contributed by atoms with Crippen molar-refractivity contribution >= 4 is 5.91 Å². The van der Waals surface area contributed by atoms with Crippen molar-refractivity contribution in [2.45, 2.75) is 58.2 Å². The number of amides is 1. The van der Waals surface area contributed by atoms with Gasteiger partial charge in [0.1, 0.15) is 0 Å². The maximum atomic E-state index is 12.0. The van der Waals surface area contributed by atoms with E-state index >= 15 is 0 Å². The van der Waals surface area contributed by atoms with E-state index in [0.29, 0.717) is 5.91 Å². The zero-order valence-electron chi connectivity index (χ0n) is 10.0. The van der Waals surface area contributed by atoms with Gasteiger partial charge in [-0.3, -0.25) is 10.1 Å². The van der Waals surface area contributed by atoms with Gasteiger partial charge in [0.05, 0.1) is 11.7 Å². The van der Waals surface area contributed by atoms with Crippen LogP contribution in [0.15, 0.2) is 0 Å². The van der Waals surface area contributed by atoms with E-state index in [1.54, 1.807) is 0 Å². The fraction of sp³-hybridized carbons (Fsp3) is 0.917. The van der Waals surface area contributed by atoms with Crippen molar-refractivity contribution in [3.8, 4) is 0 Å². The van der Waals surface area contributed by atoms with Gasteiger partial charge in [0.15, 0.2) is 0 Å². The van der Waals surface area contributed by atoms with Crippen molar-refractivity contribution < 1.29 is 4.79 Å². The molecule has 1 amide bonds. The molecule has 1 N–H and O–H groups in total. The Hall–Kier alpha value is -0.570. The molecule has 0 aromatic rings. The number of carbonyl (C=O) groups excluding carboxylic acids is 1. The molecule has 1 spiro atoms. The van der Waals surface area contributed by atoms with Gasteiger partial charge in [0.2, 0.25) is 5.91 Å². The van der Waals surface area contributed by atoms with Crippen LogP contribution >= 0.6 is 0 Å². The van der Waals surface area contributed by atoms with Gasteiger partial charge in [-0.15, -0.1) is 0 Å². The fourth-order valence-corrected chi connectivity index (χ4v) is 2.44. The summed E-state index contributed by atoms with van der Waals surface area (Å²) in [4.78, 5) is 14.1. The van der Waals surface area contributed by atoms with Gasteiger partial charge in [-0.05, 0) is 38.5 Å². The van der Waals surface area contributed by atoms with Gasteiger partial charge in [0.25, 0.3) is 0 Å². The lowest BCUT2D eigenvalue weighted by molar-refractivity contribution is -0.130. The van der Waals surface area contributed by atoms with Gasteiger partial charge in [0, 0.05) is 6.54 Å². The third kappa shape index (κ3) is 2.03. The van der Waals surface area contributed by atoms with Crippen LogP contribution in [0.5, 0.6) is 0 Å². The van der Waals surface area contributed by atoms with E-state index in [1.807, 2.05) is 4.90 Å². The molecule has 1 aliphatic heterocycles. The highest BCUT2D eigenvalue weighted by Crippen LogP contribution is 2.41. The summed E-state index contributed by atoms with van der Waals surface area (Å²) in [5, 5.41) is 3.42. The molecular formula is C12H22N2O. The number of hydrogen-bond donors (Lipinski definition) is 1. The number of rotatable bonds is 4. The molecule has 3 nitrogen and oxygen atoms in total. The van der Waals surface area contributed by atoms with Gasteiger partial charge < -0.3 is 4.90 Å². The summed E-state index contributed by atoms with van der Waals surface area (Å²) in [6, 6.07) is 0. The first-order chi connectivity index (χ1) is 7.05. The van der Waals surface area contributed by atoms with Gasteiger partial charge in [-0.2, -0.15) is 0 Å². The lowest BCUT2D eigenvalue weighted by Crippen LogP contribution is -2.35. The number of nitrogens with zero attached hydrogens (tertiary/aromatic N) is 1. The smallest absolute Gasteiger partial charge is 0.244 e. The highest BCUT2D eigenvalue weighted by atomic mass is 16.2. The Morgan fingerprint density at radius 1 is 1.53 bits per heavy atom. The Balaban J connectivity index is 1.84. The van der Waals surface area contributed by atoms with Crippen LogP contribution in [-0.2, 0) is 4.79 Å². The molecule has 2 fully saturated rings.